The van der Waals surface area contributed by atoms with Gasteiger partial charge in [0, 0.05) is 0 Å². The molecule has 1 amide bonds. The van der Waals surface area contributed by atoms with Crippen LogP contribution in [0.3, 0.4) is 0 Å². The van der Waals surface area contributed by atoms with Crippen molar-refractivity contribution in [3.8, 4) is 5.75 Å². The van der Waals surface area contributed by atoms with Crippen LogP contribution in [0.5, 0.6) is 5.75 Å². The first-order valence-corrected chi connectivity index (χ1v) is 9.79. The predicted molar refractivity (Wildman–Crippen MR) is 109 cm³/mol. The standard InChI is InChI=1S/C23H29NO4/c1-4-6-15-27-20-13-11-19(12-14-20)23(26)28-16-22(25)24-21(5-2)18-9-7-17(3)8-10-18/h7-14,21H,4-6,15-16H2,1-3H3,(H,24,25)/t21-/m0/s1. The number of esters is 1. The summed E-state index contributed by atoms with van der Waals surface area (Å²) in [4.78, 5) is 24.3. The van der Waals surface area contributed by atoms with Crippen LogP contribution in [0.15, 0.2) is 48.5 Å². The van der Waals surface area contributed by atoms with Crippen LogP contribution >= 0.6 is 0 Å². The summed E-state index contributed by atoms with van der Waals surface area (Å²) in [6.07, 6.45) is 2.80. The summed E-state index contributed by atoms with van der Waals surface area (Å²) >= 11 is 0. The molecule has 0 fully saturated rings. The molecule has 0 unspecified atom stereocenters. The summed E-state index contributed by atoms with van der Waals surface area (Å²) < 4.78 is 10.7. The molecule has 0 aliphatic heterocycles. The molecule has 2 aromatic carbocycles. The van der Waals surface area contributed by atoms with Gasteiger partial charge in [0.1, 0.15) is 5.75 Å². The first kappa shape index (κ1) is 21.5. The zero-order valence-electron chi connectivity index (χ0n) is 16.9. The molecule has 0 aromatic heterocycles. The molecule has 1 atom stereocenters. The first-order chi connectivity index (χ1) is 13.5. The van der Waals surface area contributed by atoms with Gasteiger partial charge in [0.2, 0.25) is 0 Å². The van der Waals surface area contributed by atoms with Crippen LogP contribution in [0, 0.1) is 6.92 Å². The van der Waals surface area contributed by atoms with E-state index >= 15 is 0 Å². The van der Waals surface area contributed by atoms with Gasteiger partial charge in [-0.3, -0.25) is 4.79 Å². The molecule has 5 heteroatoms. The number of rotatable bonds is 10. The van der Waals surface area contributed by atoms with Gasteiger partial charge in [0.15, 0.2) is 6.61 Å². The van der Waals surface area contributed by atoms with Crippen molar-refractivity contribution >= 4 is 11.9 Å². The molecule has 0 saturated carbocycles. The van der Waals surface area contributed by atoms with Crippen molar-refractivity contribution in [2.45, 2.75) is 46.1 Å². The molecular weight excluding hydrogens is 354 g/mol. The van der Waals surface area contributed by atoms with Crippen molar-refractivity contribution in [2.75, 3.05) is 13.2 Å². The van der Waals surface area contributed by atoms with Crippen LogP contribution < -0.4 is 10.1 Å². The molecule has 5 nitrogen and oxygen atoms in total. The molecule has 150 valence electrons. The highest BCUT2D eigenvalue weighted by molar-refractivity contribution is 5.91. The minimum absolute atomic E-state index is 0.105. The maximum absolute atomic E-state index is 12.2. The van der Waals surface area contributed by atoms with Gasteiger partial charge >= 0.3 is 5.97 Å². The quantitative estimate of drug-likeness (QED) is 0.481. The van der Waals surface area contributed by atoms with Gasteiger partial charge in [0.05, 0.1) is 18.2 Å². The molecular formula is C23H29NO4. The Morgan fingerprint density at radius 1 is 1.00 bits per heavy atom. The summed E-state index contributed by atoms with van der Waals surface area (Å²) in [5, 5.41) is 2.91. The topological polar surface area (TPSA) is 64.6 Å². The van der Waals surface area contributed by atoms with Crippen LogP contribution in [-0.2, 0) is 9.53 Å². The van der Waals surface area contributed by atoms with Crippen LogP contribution in [-0.4, -0.2) is 25.1 Å². The van der Waals surface area contributed by atoms with Crippen molar-refractivity contribution in [3.63, 3.8) is 0 Å². The van der Waals surface area contributed by atoms with Gasteiger partial charge < -0.3 is 14.8 Å². The number of aryl methyl sites for hydroxylation is 1. The van der Waals surface area contributed by atoms with E-state index in [1.807, 2.05) is 38.1 Å². The first-order valence-electron chi connectivity index (χ1n) is 9.79. The minimum atomic E-state index is -0.529. The molecule has 0 aliphatic rings. The average Bonchev–Trinajstić information content (AvgIpc) is 2.71. The van der Waals surface area contributed by atoms with E-state index in [9.17, 15) is 9.59 Å². The second kappa shape index (κ2) is 11.1. The Morgan fingerprint density at radius 3 is 2.29 bits per heavy atom. The highest BCUT2D eigenvalue weighted by Gasteiger charge is 2.15. The van der Waals surface area contributed by atoms with Crippen LogP contribution in [0.1, 0.15) is 60.6 Å². The monoisotopic (exact) mass is 383 g/mol. The van der Waals surface area contributed by atoms with E-state index in [-0.39, 0.29) is 18.6 Å². The summed E-state index contributed by atoms with van der Waals surface area (Å²) in [7, 11) is 0. The van der Waals surface area contributed by atoms with Gasteiger partial charge in [-0.15, -0.1) is 0 Å². The van der Waals surface area contributed by atoms with E-state index in [0.29, 0.717) is 17.9 Å². The summed E-state index contributed by atoms with van der Waals surface area (Å²) in [6.45, 7) is 6.46. The van der Waals surface area contributed by atoms with E-state index in [4.69, 9.17) is 9.47 Å². The third-order valence-corrected chi connectivity index (χ3v) is 4.41. The van der Waals surface area contributed by atoms with Crippen molar-refractivity contribution in [1.29, 1.82) is 0 Å². The van der Waals surface area contributed by atoms with Crippen molar-refractivity contribution in [2.24, 2.45) is 0 Å². The maximum atomic E-state index is 12.2. The SMILES string of the molecule is CCCCOc1ccc(C(=O)OCC(=O)N[C@@H](CC)c2ccc(C)cc2)cc1. The van der Waals surface area contributed by atoms with E-state index in [1.165, 1.54) is 5.56 Å². The summed E-state index contributed by atoms with van der Waals surface area (Å²) in [6, 6.07) is 14.7. The fraction of sp³-hybridized carbons (Fsp3) is 0.391. The molecule has 2 rings (SSSR count). The lowest BCUT2D eigenvalue weighted by atomic mass is 10.0. The van der Waals surface area contributed by atoms with Crippen LogP contribution in [0.2, 0.25) is 0 Å². The number of carbonyl (C=O) groups is 2. The summed E-state index contributed by atoms with van der Waals surface area (Å²) in [5.41, 5.74) is 2.59. The predicted octanol–water partition coefficient (Wildman–Crippen LogP) is 4.60. The molecule has 0 spiro atoms. The highest BCUT2D eigenvalue weighted by Crippen LogP contribution is 2.17. The molecule has 0 aliphatic carbocycles. The molecule has 0 saturated heterocycles. The number of carbonyl (C=O) groups excluding carboxylic acids is 2. The molecule has 0 heterocycles. The largest absolute Gasteiger partial charge is 0.494 e. The Balaban J connectivity index is 1.82. The van der Waals surface area contributed by atoms with Gasteiger partial charge in [-0.25, -0.2) is 4.79 Å². The second-order valence-corrected chi connectivity index (χ2v) is 6.74. The fourth-order valence-electron chi connectivity index (χ4n) is 2.69. The number of hydrogen-bond donors (Lipinski definition) is 1. The van der Waals surface area contributed by atoms with Gasteiger partial charge in [-0.2, -0.15) is 0 Å². The number of ether oxygens (including phenoxy) is 2. The zero-order chi connectivity index (χ0) is 20.4. The number of nitrogens with one attached hydrogen (secondary N) is 1. The molecule has 2 aromatic rings. The lowest BCUT2D eigenvalue weighted by Crippen LogP contribution is -2.32. The maximum Gasteiger partial charge on any atom is 0.338 e. The Morgan fingerprint density at radius 2 is 1.68 bits per heavy atom. The third kappa shape index (κ3) is 6.72. The summed E-state index contributed by atoms with van der Waals surface area (Å²) in [5.74, 6) is -0.134. The fourth-order valence-corrected chi connectivity index (χ4v) is 2.69. The lowest BCUT2D eigenvalue weighted by molar-refractivity contribution is -0.125. The van der Waals surface area contributed by atoms with Crippen molar-refractivity contribution < 1.29 is 19.1 Å². The normalized spacial score (nSPS) is 11.5. The Kier molecular flexibility index (Phi) is 8.53. The van der Waals surface area contributed by atoms with E-state index in [2.05, 4.69) is 12.2 Å². The number of unbranched alkanes of at least 4 members (excludes halogenated alkanes) is 1. The smallest absolute Gasteiger partial charge is 0.338 e. The molecule has 28 heavy (non-hydrogen) atoms. The number of benzene rings is 2. The molecule has 0 bridgehead atoms. The van der Waals surface area contributed by atoms with Crippen LogP contribution in [0.4, 0.5) is 0 Å². The van der Waals surface area contributed by atoms with Gasteiger partial charge in [0.25, 0.3) is 5.91 Å². The number of amides is 1. The highest BCUT2D eigenvalue weighted by atomic mass is 16.5. The zero-order valence-corrected chi connectivity index (χ0v) is 16.9. The third-order valence-electron chi connectivity index (χ3n) is 4.41. The van der Waals surface area contributed by atoms with E-state index in [0.717, 1.165) is 24.8 Å². The van der Waals surface area contributed by atoms with Crippen molar-refractivity contribution in [3.05, 3.63) is 65.2 Å². The number of hydrogen-bond acceptors (Lipinski definition) is 4. The van der Waals surface area contributed by atoms with E-state index < -0.39 is 5.97 Å². The van der Waals surface area contributed by atoms with Crippen LogP contribution in [0.25, 0.3) is 0 Å². The van der Waals surface area contributed by atoms with Crippen molar-refractivity contribution in [1.82, 2.24) is 5.32 Å². The Bertz CT molecular complexity index is 753. The Hall–Kier alpha value is -2.82. The van der Waals surface area contributed by atoms with Gasteiger partial charge in [-0.05, 0) is 49.6 Å². The molecule has 1 N–H and O–H groups in total. The minimum Gasteiger partial charge on any atom is -0.494 e. The van der Waals surface area contributed by atoms with Gasteiger partial charge in [-0.1, -0.05) is 50.1 Å². The lowest BCUT2D eigenvalue weighted by Gasteiger charge is -2.17. The molecule has 0 radical (unpaired) electrons. The Labute approximate surface area is 167 Å². The second-order valence-electron chi connectivity index (χ2n) is 6.74. The average molecular weight is 383 g/mol. The van der Waals surface area contributed by atoms with E-state index in [1.54, 1.807) is 24.3 Å².